The number of aromatic nitrogens is 1. The Balaban J connectivity index is 2.38. The Hall–Kier alpha value is -1.02. The maximum atomic E-state index is 11.8. The van der Waals surface area contributed by atoms with E-state index in [0.29, 0.717) is 32.5 Å². The molecule has 0 aliphatic rings. The maximum Gasteiger partial charge on any atom is 0.279 e. The van der Waals surface area contributed by atoms with E-state index < -0.39 is 10.2 Å². The van der Waals surface area contributed by atoms with Crippen LogP contribution in [0.3, 0.4) is 0 Å². The summed E-state index contributed by atoms with van der Waals surface area (Å²) in [6, 6.07) is 3.73. The van der Waals surface area contributed by atoms with E-state index >= 15 is 0 Å². The lowest BCUT2D eigenvalue weighted by Crippen LogP contribution is -2.40. The molecule has 0 aliphatic carbocycles. The molecule has 0 aromatic carbocycles. The second-order valence-corrected chi connectivity index (χ2v) is 5.83. The van der Waals surface area contributed by atoms with E-state index in [9.17, 15) is 8.42 Å². The van der Waals surface area contributed by atoms with Gasteiger partial charge in [0, 0.05) is 32.5 Å². The van der Waals surface area contributed by atoms with E-state index in [1.54, 1.807) is 19.4 Å². The van der Waals surface area contributed by atoms with Crippen molar-refractivity contribution >= 4 is 10.2 Å². The van der Waals surface area contributed by atoms with Crippen molar-refractivity contribution < 1.29 is 8.42 Å². The average Bonchev–Trinajstić information content (AvgIpc) is 2.37. The van der Waals surface area contributed by atoms with Crippen LogP contribution >= 0.6 is 0 Å². The summed E-state index contributed by atoms with van der Waals surface area (Å²) >= 11 is 0. The van der Waals surface area contributed by atoms with Crippen LogP contribution in [0, 0.1) is 0 Å². The normalized spacial score (nSPS) is 11.9. The maximum absolute atomic E-state index is 11.8. The van der Waals surface area contributed by atoms with Gasteiger partial charge in [0.2, 0.25) is 0 Å². The van der Waals surface area contributed by atoms with Gasteiger partial charge in [0.1, 0.15) is 0 Å². The fourth-order valence-corrected chi connectivity index (χ4v) is 2.37. The average molecular weight is 272 g/mol. The van der Waals surface area contributed by atoms with Gasteiger partial charge in [0.25, 0.3) is 10.2 Å². The molecule has 0 unspecified atom stereocenters. The molecule has 0 radical (unpaired) electrons. The van der Waals surface area contributed by atoms with Gasteiger partial charge in [0.15, 0.2) is 0 Å². The summed E-state index contributed by atoms with van der Waals surface area (Å²) in [7, 11) is -1.84. The number of hydrogen-bond acceptors (Lipinski definition) is 4. The molecule has 1 aromatic rings. The van der Waals surface area contributed by atoms with Crippen molar-refractivity contribution in [3.05, 3.63) is 30.1 Å². The van der Waals surface area contributed by atoms with E-state index in [1.165, 1.54) is 4.31 Å². The lowest BCUT2D eigenvalue weighted by atomic mass is 10.2. The van der Waals surface area contributed by atoms with Crippen LogP contribution in [0.5, 0.6) is 0 Å². The Bertz CT molecular complexity index is 436. The molecule has 0 saturated carbocycles. The molecule has 18 heavy (non-hydrogen) atoms. The summed E-state index contributed by atoms with van der Waals surface area (Å²) in [5.74, 6) is 0. The first kappa shape index (κ1) is 15.0. The molecule has 102 valence electrons. The Labute approximate surface area is 108 Å². The van der Waals surface area contributed by atoms with E-state index in [1.807, 2.05) is 12.1 Å². The van der Waals surface area contributed by atoms with Gasteiger partial charge in [-0.3, -0.25) is 4.98 Å². The van der Waals surface area contributed by atoms with Crippen LogP contribution in [0.1, 0.15) is 12.0 Å². The van der Waals surface area contributed by atoms with Crippen molar-refractivity contribution in [2.45, 2.75) is 12.8 Å². The first-order chi connectivity index (χ1) is 8.56. The van der Waals surface area contributed by atoms with Crippen molar-refractivity contribution in [2.75, 3.05) is 26.7 Å². The summed E-state index contributed by atoms with van der Waals surface area (Å²) in [6.45, 7) is 1.29. The highest BCUT2D eigenvalue weighted by molar-refractivity contribution is 7.87. The highest BCUT2D eigenvalue weighted by Gasteiger charge is 2.15. The molecule has 0 bridgehead atoms. The summed E-state index contributed by atoms with van der Waals surface area (Å²) < 4.78 is 27.4. The topological polar surface area (TPSA) is 88.3 Å². The molecule has 1 aromatic heterocycles. The van der Waals surface area contributed by atoms with E-state index in [-0.39, 0.29) is 0 Å². The number of pyridine rings is 1. The Morgan fingerprint density at radius 3 is 2.67 bits per heavy atom. The molecule has 1 rings (SSSR count). The van der Waals surface area contributed by atoms with Crippen LogP contribution in [0.2, 0.25) is 0 Å². The first-order valence-electron chi connectivity index (χ1n) is 5.86. The summed E-state index contributed by atoms with van der Waals surface area (Å²) in [5.41, 5.74) is 6.40. The van der Waals surface area contributed by atoms with Crippen LogP contribution < -0.4 is 10.5 Å². The SMILES string of the molecule is CN(CCCN)S(=O)(=O)NCCc1ccncc1. The molecule has 0 amide bonds. The minimum atomic E-state index is -3.39. The van der Waals surface area contributed by atoms with Crippen molar-refractivity contribution in [3.63, 3.8) is 0 Å². The monoisotopic (exact) mass is 272 g/mol. The molecule has 1 heterocycles. The molecule has 0 aliphatic heterocycles. The van der Waals surface area contributed by atoms with Crippen molar-refractivity contribution in [3.8, 4) is 0 Å². The number of nitrogens with two attached hydrogens (primary N) is 1. The van der Waals surface area contributed by atoms with Crippen LogP contribution in [0.25, 0.3) is 0 Å². The smallest absolute Gasteiger partial charge is 0.279 e. The van der Waals surface area contributed by atoms with Gasteiger partial charge < -0.3 is 5.73 Å². The second kappa shape index (κ2) is 7.42. The van der Waals surface area contributed by atoms with Gasteiger partial charge in [-0.15, -0.1) is 0 Å². The Morgan fingerprint density at radius 1 is 1.39 bits per heavy atom. The molecule has 0 saturated heterocycles. The van der Waals surface area contributed by atoms with Crippen LogP contribution in [0.15, 0.2) is 24.5 Å². The predicted octanol–water partition coefficient (Wildman–Crippen LogP) is -0.261. The summed E-state index contributed by atoms with van der Waals surface area (Å²) in [6.07, 6.45) is 4.68. The third kappa shape index (κ3) is 5.09. The molecular weight excluding hydrogens is 252 g/mol. The first-order valence-corrected chi connectivity index (χ1v) is 7.30. The zero-order valence-corrected chi connectivity index (χ0v) is 11.4. The van der Waals surface area contributed by atoms with E-state index in [0.717, 1.165) is 5.56 Å². The van der Waals surface area contributed by atoms with Gasteiger partial charge in [0.05, 0.1) is 0 Å². The largest absolute Gasteiger partial charge is 0.330 e. The highest BCUT2D eigenvalue weighted by atomic mass is 32.2. The minimum Gasteiger partial charge on any atom is -0.330 e. The number of nitrogens with one attached hydrogen (secondary N) is 1. The van der Waals surface area contributed by atoms with Crippen molar-refractivity contribution in [1.82, 2.24) is 14.0 Å². The van der Waals surface area contributed by atoms with E-state index in [2.05, 4.69) is 9.71 Å². The van der Waals surface area contributed by atoms with Gasteiger partial charge in [-0.25, -0.2) is 4.72 Å². The van der Waals surface area contributed by atoms with Crippen molar-refractivity contribution in [2.24, 2.45) is 5.73 Å². The zero-order chi connectivity index (χ0) is 13.4. The fourth-order valence-electron chi connectivity index (χ4n) is 1.42. The number of rotatable bonds is 8. The molecule has 0 fully saturated rings. The standard InChI is InChI=1S/C11H20N4O2S/c1-15(10-2-6-12)18(16,17)14-9-5-11-3-7-13-8-4-11/h3-4,7-8,14H,2,5-6,9-10,12H2,1H3. The molecular formula is C11H20N4O2S. The van der Waals surface area contributed by atoms with Gasteiger partial charge in [-0.2, -0.15) is 12.7 Å². The lowest BCUT2D eigenvalue weighted by molar-refractivity contribution is 0.453. The molecule has 7 heteroatoms. The fraction of sp³-hybridized carbons (Fsp3) is 0.545. The highest BCUT2D eigenvalue weighted by Crippen LogP contribution is 1.99. The van der Waals surface area contributed by atoms with Crippen LogP contribution in [-0.4, -0.2) is 44.4 Å². The third-order valence-corrected chi connectivity index (χ3v) is 4.11. The van der Waals surface area contributed by atoms with Crippen LogP contribution in [0.4, 0.5) is 0 Å². The van der Waals surface area contributed by atoms with Gasteiger partial charge >= 0.3 is 0 Å². The molecule has 6 nitrogen and oxygen atoms in total. The van der Waals surface area contributed by atoms with Gasteiger partial charge in [-0.05, 0) is 37.1 Å². The lowest BCUT2D eigenvalue weighted by Gasteiger charge is -2.17. The van der Waals surface area contributed by atoms with Crippen LogP contribution in [-0.2, 0) is 16.6 Å². The Kier molecular flexibility index (Phi) is 6.20. The third-order valence-electron chi connectivity index (χ3n) is 2.53. The molecule has 3 N–H and O–H groups in total. The quantitative estimate of drug-likeness (QED) is 0.682. The Morgan fingerprint density at radius 2 is 2.06 bits per heavy atom. The minimum absolute atomic E-state index is 0.374. The summed E-state index contributed by atoms with van der Waals surface area (Å²) in [4.78, 5) is 3.91. The summed E-state index contributed by atoms with van der Waals surface area (Å²) in [5, 5.41) is 0. The predicted molar refractivity (Wildman–Crippen MR) is 71.2 cm³/mol. The number of nitrogens with zero attached hydrogens (tertiary/aromatic N) is 2. The van der Waals surface area contributed by atoms with Crippen molar-refractivity contribution in [1.29, 1.82) is 0 Å². The zero-order valence-electron chi connectivity index (χ0n) is 10.5. The van der Waals surface area contributed by atoms with Gasteiger partial charge in [-0.1, -0.05) is 0 Å². The second-order valence-electron chi connectivity index (χ2n) is 3.97. The molecule has 0 atom stereocenters. The van der Waals surface area contributed by atoms with E-state index in [4.69, 9.17) is 5.73 Å². The molecule has 0 spiro atoms. The number of hydrogen-bond donors (Lipinski definition) is 2.